The summed E-state index contributed by atoms with van der Waals surface area (Å²) in [6.45, 7) is 0. The van der Waals surface area contributed by atoms with E-state index in [0.717, 1.165) is 40.0 Å². The summed E-state index contributed by atoms with van der Waals surface area (Å²) in [6, 6.07) is 16.5. The molecule has 29 heavy (non-hydrogen) atoms. The minimum Gasteiger partial charge on any atom is -0.438 e. The average molecular weight is 423 g/mol. The van der Waals surface area contributed by atoms with Crippen LogP contribution in [0, 0.1) is 0 Å². The number of rotatable bonds is 5. The van der Waals surface area contributed by atoms with Gasteiger partial charge >= 0.3 is 0 Å². The molecule has 5 nitrogen and oxygen atoms in total. The van der Waals surface area contributed by atoms with E-state index in [2.05, 4.69) is 17.5 Å². The molecule has 0 spiro atoms. The smallest absolute Gasteiger partial charge is 0.231 e. The van der Waals surface area contributed by atoms with Gasteiger partial charge in [-0.05, 0) is 42.7 Å². The lowest BCUT2D eigenvalue weighted by molar-refractivity contribution is 0.465. The van der Waals surface area contributed by atoms with Crippen molar-refractivity contribution in [1.82, 2.24) is 9.97 Å². The molecule has 0 radical (unpaired) electrons. The van der Waals surface area contributed by atoms with Gasteiger partial charge in [0.15, 0.2) is 9.84 Å². The van der Waals surface area contributed by atoms with Gasteiger partial charge in [-0.25, -0.2) is 13.4 Å². The third-order valence-corrected chi connectivity index (χ3v) is 6.91. The SMILES string of the molecule is CS(=O)(=O)c1ccc(Oc2nc(C3CC3)nc3scc(-c4ccccc4)c23)cc1. The topological polar surface area (TPSA) is 69.2 Å². The van der Waals surface area contributed by atoms with Crippen molar-refractivity contribution >= 4 is 31.4 Å². The fourth-order valence-electron chi connectivity index (χ4n) is 3.22. The van der Waals surface area contributed by atoms with E-state index in [0.29, 0.717) is 17.5 Å². The number of nitrogens with zero attached hydrogens (tertiary/aromatic N) is 2. The zero-order valence-corrected chi connectivity index (χ0v) is 17.3. The van der Waals surface area contributed by atoms with Crippen LogP contribution in [-0.2, 0) is 9.84 Å². The molecular formula is C22H18N2O3S2. The molecule has 2 heterocycles. The average Bonchev–Trinajstić information content (AvgIpc) is 3.47. The largest absolute Gasteiger partial charge is 0.438 e. The lowest BCUT2D eigenvalue weighted by Crippen LogP contribution is -1.98. The van der Waals surface area contributed by atoms with Crippen LogP contribution in [0.15, 0.2) is 64.9 Å². The summed E-state index contributed by atoms with van der Waals surface area (Å²) in [5.41, 5.74) is 2.12. The van der Waals surface area contributed by atoms with E-state index in [1.807, 2.05) is 18.2 Å². The first-order chi connectivity index (χ1) is 14.0. The van der Waals surface area contributed by atoms with Gasteiger partial charge in [-0.3, -0.25) is 0 Å². The Kier molecular flexibility index (Phi) is 4.37. The first-order valence-corrected chi connectivity index (χ1v) is 12.1. The van der Waals surface area contributed by atoms with Crippen molar-refractivity contribution in [2.75, 3.05) is 6.26 Å². The normalized spacial score (nSPS) is 14.2. The lowest BCUT2D eigenvalue weighted by Gasteiger charge is -2.10. The number of fused-ring (bicyclic) bond motifs is 1. The molecule has 0 bridgehead atoms. The molecule has 7 heteroatoms. The Morgan fingerprint density at radius 3 is 2.38 bits per heavy atom. The van der Waals surface area contributed by atoms with Crippen LogP contribution in [0.25, 0.3) is 21.3 Å². The van der Waals surface area contributed by atoms with E-state index in [9.17, 15) is 8.42 Å². The molecule has 4 aromatic rings. The highest BCUT2D eigenvalue weighted by atomic mass is 32.2. The van der Waals surface area contributed by atoms with Gasteiger partial charge in [0.1, 0.15) is 16.4 Å². The first kappa shape index (κ1) is 18.3. The van der Waals surface area contributed by atoms with Crippen molar-refractivity contribution in [2.45, 2.75) is 23.7 Å². The number of thiophene rings is 1. The molecule has 0 unspecified atom stereocenters. The standard InChI is InChI=1S/C22H18N2O3S2/c1-29(25,26)17-11-9-16(10-12-17)27-21-19-18(14-5-3-2-4-6-14)13-28-22(19)24-20(23-21)15-7-8-15/h2-6,9-13,15H,7-8H2,1H3. The number of ether oxygens (including phenoxy) is 1. The van der Waals surface area contributed by atoms with E-state index < -0.39 is 9.84 Å². The van der Waals surface area contributed by atoms with Gasteiger partial charge in [-0.15, -0.1) is 11.3 Å². The second-order valence-corrected chi connectivity index (χ2v) is 10.1. The minimum absolute atomic E-state index is 0.261. The van der Waals surface area contributed by atoms with Gasteiger partial charge in [0, 0.05) is 23.1 Å². The van der Waals surface area contributed by atoms with E-state index in [1.54, 1.807) is 35.6 Å². The monoisotopic (exact) mass is 422 g/mol. The molecule has 0 saturated heterocycles. The molecule has 1 fully saturated rings. The summed E-state index contributed by atoms with van der Waals surface area (Å²) in [7, 11) is -3.25. The summed E-state index contributed by atoms with van der Waals surface area (Å²) in [6.07, 6.45) is 3.39. The lowest BCUT2D eigenvalue weighted by atomic mass is 10.1. The zero-order valence-electron chi connectivity index (χ0n) is 15.7. The highest BCUT2D eigenvalue weighted by Crippen LogP contribution is 2.44. The number of hydrogen-bond donors (Lipinski definition) is 0. The fraction of sp³-hybridized carbons (Fsp3) is 0.182. The molecule has 5 rings (SSSR count). The van der Waals surface area contributed by atoms with Crippen LogP contribution in [0.1, 0.15) is 24.6 Å². The maximum atomic E-state index is 11.7. The van der Waals surface area contributed by atoms with Crippen LogP contribution in [0.2, 0.25) is 0 Å². The molecule has 0 aliphatic heterocycles. The zero-order chi connectivity index (χ0) is 20.0. The van der Waals surface area contributed by atoms with Crippen molar-refractivity contribution in [3.63, 3.8) is 0 Å². The van der Waals surface area contributed by atoms with Gasteiger partial charge < -0.3 is 4.74 Å². The molecule has 0 amide bonds. The summed E-state index contributed by atoms with van der Waals surface area (Å²) >= 11 is 1.59. The van der Waals surface area contributed by atoms with Crippen molar-refractivity contribution in [3.05, 3.63) is 65.8 Å². The highest BCUT2D eigenvalue weighted by Gasteiger charge is 2.29. The molecule has 0 N–H and O–H groups in total. The van der Waals surface area contributed by atoms with Crippen LogP contribution >= 0.6 is 11.3 Å². The van der Waals surface area contributed by atoms with Gasteiger partial charge in [-0.1, -0.05) is 30.3 Å². The quantitative estimate of drug-likeness (QED) is 0.429. The second-order valence-electron chi connectivity index (χ2n) is 7.20. The van der Waals surface area contributed by atoms with Crippen LogP contribution in [0.3, 0.4) is 0 Å². The Hall–Kier alpha value is -2.77. The first-order valence-electron chi connectivity index (χ1n) is 9.31. The fourth-order valence-corrected chi connectivity index (χ4v) is 4.80. The maximum absolute atomic E-state index is 11.7. The van der Waals surface area contributed by atoms with Gasteiger partial charge in [0.25, 0.3) is 0 Å². The van der Waals surface area contributed by atoms with Crippen molar-refractivity contribution in [1.29, 1.82) is 0 Å². The number of sulfone groups is 1. The molecule has 2 aromatic heterocycles. The highest BCUT2D eigenvalue weighted by molar-refractivity contribution is 7.90. The van der Waals surface area contributed by atoms with Crippen molar-refractivity contribution < 1.29 is 13.2 Å². The van der Waals surface area contributed by atoms with Gasteiger partial charge in [0.2, 0.25) is 5.88 Å². The van der Waals surface area contributed by atoms with Crippen LogP contribution in [-0.4, -0.2) is 24.6 Å². The van der Waals surface area contributed by atoms with E-state index in [-0.39, 0.29) is 4.90 Å². The summed E-state index contributed by atoms with van der Waals surface area (Å²) in [5, 5.41) is 2.98. The minimum atomic E-state index is -3.25. The molecular weight excluding hydrogens is 404 g/mol. The molecule has 146 valence electrons. The van der Waals surface area contributed by atoms with Crippen molar-refractivity contribution in [2.24, 2.45) is 0 Å². The van der Waals surface area contributed by atoms with Crippen LogP contribution in [0.5, 0.6) is 11.6 Å². The molecule has 0 atom stereocenters. The summed E-state index contributed by atoms with van der Waals surface area (Å²) in [5.74, 6) is 2.28. The Morgan fingerprint density at radius 2 is 1.72 bits per heavy atom. The Balaban J connectivity index is 1.62. The molecule has 2 aromatic carbocycles. The number of benzene rings is 2. The predicted octanol–water partition coefficient (Wildman–Crippen LogP) is 5.43. The van der Waals surface area contributed by atoms with Crippen LogP contribution in [0.4, 0.5) is 0 Å². The van der Waals surface area contributed by atoms with E-state index in [1.165, 1.54) is 6.26 Å². The van der Waals surface area contributed by atoms with Gasteiger partial charge in [-0.2, -0.15) is 4.98 Å². The Bertz CT molecular complexity index is 1290. The van der Waals surface area contributed by atoms with Crippen LogP contribution < -0.4 is 4.74 Å². The summed E-state index contributed by atoms with van der Waals surface area (Å²) < 4.78 is 29.6. The van der Waals surface area contributed by atoms with E-state index in [4.69, 9.17) is 14.7 Å². The maximum Gasteiger partial charge on any atom is 0.231 e. The summed E-state index contributed by atoms with van der Waals surface area (Å²) in [4.78, 5) is 10.7. The van der Waals surface area contributed by atoms with Crippen molar-refractivity contribution in [3.8, 4) is 22.8 Å². The van der Waals surface area contributed by atoms with Gasteiger partial charge in [0.05, 0.1) is 10.3 Å². The number of aromatic nitrogens is 2. The predicted molar refractivity (Wildman–Crippen MR) is 114 cm³/mol. The molecule has 1 aliphatic rings. The molecule has 1 saturated carbocycles. The Morgan fingerprint density at radius 1 is 1.00 bits per heavy atom. The third kappa shape index (κ3) is 3.63. The van der Waals surface area contributed by atoms with E-state index >= 15 is 0 Å². The third-order valence-electron chi connectivity index (χ3n) is 4.91. The Labute approximate surface area is 172 Å². The second kappa shape index (κ2) is 6.93. The number of hydrogen-bond acceptors (Lipinski definition) is 6. The molecule has 1 aliphatic carbocycles.